The third-order valence-electron chi connectivity index (χ3n) is 5.05. The SMILES string of the molecule is Cl.N[C@@H]1CCCCc2cc(-c3ccnc(NC(=O)C4CC4)c3)ccc21. The molecule has 1 fully saturated rings. The van der Waals surface area contributed by atoms with E-state index in [0.717, 1.165) is 36.8 Å². The number of rotatable bonds is 3. The van der Waals surface area contributed by atoms with Crippen molar-refractivity contribution in [3.8, 4) is 11.1 Å². The highest BCUT2D eigenvalue weighted by Gasteiger charge is 2.29. The lowest BCUT2D eigenvalue weighted by atomic mass is 9.95. The van der Waals surface area contributed by atoms with E-state index in [1.54, 1.807) is 6.20 Å². The topological polar surface area (TPSA) is 68.0 Å². The van der Waals surface area contributed by atoms with Crippen LogP contribution in [0.4, 0.5) is 5.82 Å². The van der Waals surface area contributed by atoms with E-state index < -0.39 is 0 Å². The quantitative estimate of drug-likeness (QED) is 0.807. The Morgan fingerprint density at radius 2 is 1.88 bits per heavy atom. The molecular weight excluding hydrogens is 334 g/mol. The average molecular weight is 358 g/mol. The molecular formula is C20H24ClN3O. The van der Waals surface area contributed by atoms with Crippen LogP contribution in [0.1, 0.15) is 49.3 Å². The summed E-state index contributed by atoms with van der Waals surface area (Å²) >= 11 is 0. The van der Waals surface area contributed by atoms with Gasteiger partial charge >= 0.3 is 0 Å². The summed E-state index contributed by atoms with van der Waals surface area (Å²) in [5.41, 5.74) is 11.2. The first-order chi connectivity index (χ1) is 11.7. The monoisotopic (exact) mass is 357 g/mol. The van der Waals surface area contributed by atoms with Crippen LogP contribution in [0.2, 0.25) is 0 Å². The number of fused-ring (bicyclic) bond motifs is 1. The number of hydrogen-bond acceptors (Lipinski definition) is 3. The van der Waals surface area contributed by atoms with Gasteiger partial charge in [0.15, 0.2) is 0 Å². The van der Waals surface area contributed by atoms with Crippen molar-refractivity contribution in [1.29, 1.82) is 0 Å². The van der Waals surface area contributed by atoms with E-state index in [9.17, 15) is 4.79 Å². The first-order valence-corrected chi connectivity index (χ1v) is 8.86. The smallest absolute Gasteiger partial charge is 0.228 e. The molecule has 0 spiro atoms. The number of hydrogen-bond donors (Lipinski definition) is 2. The minimum atomic E-state index is 0. The largest absolute Gasteiger partial charge is 0.324 e. The van der Waals surface area contributed by atoms with Gasteiger partial charge in [-0.05, 0) is 66.5 Å². The number of anilines is 1. The first kappa shape index (κ1) is 17.9. The Bertz CT molecular complexity index is 773. The van der Waals surface area contributed by atoms with E-state index in [0.29, 0.717) is 5.82 Å². The normalized spacial score (nSPS) is 19.3. The predicted molar refractivity (Wildman–Crippen MR) is 103 cm³/mol. The van der Waals surface area contributed by atoms with Gasteiger partial charge in [0.2, 0.25) is 5.91 Å². The number of aromatic nitrogens is 1. The molecule has 0 saturated heterocycles. The molecule has 0 bridgehead atoms. The Morgan fingerprint density at radius 1 is 1.08 bits per heavy atom. The van der Waals surface area contributed by atoms with Gasteiger partial charge in [0, 0.05) is 18.2 Å². The van der Waals surface area contributed by atoms with Crippen molar-refractivity contribution in [3.05, 3.63) is 47.7 Å². The van der Waals surface area contributed by atoms with Gasteiger partial charge in [-0.25, -0.2) is 4.98 Å². The maximum atomic E-state index is 11.9. The van der Waals surface area contributed by atoms with Gasteiger partial charge in [0.25, 0.3) is 0 Å². The molecule has 1 atom stereocenters. The summed E-state index contributed by atoms with van der Waals surface area (Å²) < 4.78 is 0. The summed E-state index contributed by atoms with van der Waals surface area (Å²) in [4.78, 5) is 16.2. The van der Waals surface area contributed by atoms with Crippen LogP contribution in [-0.4, -0.2) is 10.9 Å². The van der Waals surface area contributed by atoms with Crippen LogP contribution >= 0.6 is 12.4 Å². The van der Waals surface area contributed by atoms with E-state index in [1.165, 1.54) is 24.0 Å². The molecule has 1 saturated carbocycles. The lowest BCUT2D eigenvalue weighted by molar-refractivity contribution is -0.117. The average Bonchev–Trinajstić information content (AvgIpc) is 3.43. The van der Waals surface area contributed by atoms with Crippen molar-refractivity contribution in [2.45, 2.75) is 44.6 Å². The lowest BCUT2D eigenvalue weighted by Gasteiger charge is -2.14. The molecule has 1 aromatic heterocycles. The molecule has 3 N–H and O–H groups in total. The van der Waals surface area contributed by atoms with E-state index in [1.807, 2.05) is 12.1 Å². The molecule has 25 heavy (non-hydrogen) atoms. The third kappa shape index (κ3) is 4.02. The maximum Gasteiger partial charge on any atom is 0.228 e. The summed E-state index contributed by atoms with van der Waals surface area (Å²) in [6.45, 7) is 0. The number of amides is 1. The minimum absolute atomic E-state index is 0. The van der Waals surface area contributed by atoms with Crippen LogP contribution in [0.15, 0.2) is 36.5 Å². The fraction of sp³-hybridized carbons (Fsp3) is 0.400. The molecule has 4 rings (SSSR count). The minimum Gasteiger partial charge on any atom is -0.324 e. The van der Waals surface area contributed by atoms with E-state index in [4.69, 9.17) is 5.73 Å². The van der Waals surface area contributed by atoms with E-state index in [2.05, 4.69) is 28.5 Å². The number of benzene rings is 1. The molecule has 5 heteroatoms. The molecule has 2 aromatic rings. The second kappa shape index (κ2) is 7.54. The number of carbonyl (C=O) groups excluding carboxylic acids is 1. The van der Waals surface area contributed by atoms with Crippen LogP contribution in [0, 0.1) is 5.92 Å². The summed E-state index contributed by atoms with van der Waals surface area (Å²) in [5, 5.41) is 2.92. The highest BCUT2D eigenvalue weighted by atomic mass is 35.5. The van der Waals surface area contributed by atoms with Crippen molar-refractivity contribution in [2.24, 2.45) is 11.7 Å². The second-order valence-electron chi connectivity index (χ2n) is 6.96. The fourth-order valence-electron chi connectivity index (χ4n) is 3.45. The highest BCUT2D eigenvalue weighted by Crippen LogP contribution is 2.32. The van der Waals surface area contributed by atoms with Crippen LogP contribution in [0.3, 0.4) is 0 Å². The maximum absolute atomic E-state index is 11.9. The van der Waals surface area contributed by atoms with Gasteiger partial charge < -0.3 is 11.1 Å². The van der Waals surface area contributed by atoms with Crippen molar-refractivity contribution in [3.63, 3.8) is 0 Å². The van der Waals surface area contributed by atoms with Crippen LogP contribution in [-0.2, 0) is 11.2 Å². The molecule has 2 aliphatic rings. The van der Waals surface area contributed by atoms with Crippen molar-refractivity contribution >= 4 is 24.1 Å². The Hall–Kier alpha value is -1.91. The molecule has 0 unspecified atom stereocenters. The molecule has 1 aromatic carbocycles. The Balaban J connectivity index is 0.00000182. The lowest BCUT2D eigenvalue weighted by Crippen LogP contribution is -2.14. The summed E-state index contributed by atoms with van der Waals surface area (Å²) in [7, 11) is 0. The first-order valence-electron chi connectivity index (χ1n) is 8.86. The zero-order valence-corrected chi connectivity index (χ0v) is 15.0. The van der Waals surface area contributed by atoms with Gasteiger partial charge in [0.05, 0.1) is 0 Å². The third-order valence-corrected chi connectivity index (χ3v) is 5.05. The molecule has 1 heterocycles. The predicted octanol–water partition coefficient (Wildman–Crippen LogP) is 4.25. The standard InChI is InChI=1S/C20H23N3O.ClH/c21-18-4-2-1-3-16-11-14(7-8-17(16)18)15-9-10-22-19(12-15)23-20(24)13-5-6-13;/h7-13,18H,1-6,21H2,(H,22,23,24);1H/t18-;/m1./s1. The highest BCUT2D eigenvalue weighted by molar-refractivity contribution is 5.93. The Labute approximate surface area is 154 Å². The van der Waals surface area contributed by atoms with Crippen molar-refractivity contribution in [2.75, 3.05) is 5.32 Å². The number of carbonyl (C=O) groups is 1. The van der Waals surface area contributed by atoms with Gasteiger partial charge in [0.1, 0.15) is 5.82 Å². The van der Waals surface area contributed by atoms with Crippen LogP contribution in [0.25, 0.3) is 11.1 Å². The molecule has 132 valence electrons. The number of pyridine rings is 1. The van der Waals surface area contributed by atoms with Gasteiger partial charge in [-0.15, -0.1) is 12.4 Å². The van der Waals surface area contributed by atoms with Gasteiger partial charge in [-0.1, -0.05) is 24.6 Å². The molecule has 2 aliphatic carbocycles. The zero-order valence-electron chi connectivity index (χ0n) is 14.2. The number of aryl methyl sites for hydroxylation is 1. The van der Waals surface area contributed by atoms with E-state index in [-0.39, 0.29) is 30.3 Å². The fourth-order valence-corrected chi connectivity index (χ4v) is 3.45. The van der Waals surface area contributed by atoms with Gasteiger partial charge in [-0.3, -0.25) is 4.79 Å². The summed E-state index contributed by atoms with van der Waals surface area (Å²) in [5.74, 6) is 0.910. The molecule has 1 amide bonds. The summed E-state index contributed by atoms with van der Waals surface area (Å²) in [6, 6.07) is 10.7. The molecule has 0 aliphatic heterocycles. The second-order valence-corrected chi connectivity index (χ2v) is 6.96. The molecule has 4 nitrogen and oxygen atoms in total. The molecule has 0 radical (unpaired) electrons. The van der Waals surface area contributed by atoms with Crippen LogP contribution in [0.5, 0.6) is 0 Å². The Kier molecular flexibility index (Phi) is 5.40. The van der Waals surface area contributed by atoms with Crippen molar-refractivity contribution < 1.29 is 4.79 Å². The Morgan fingerprint density at radius 3 is 2.68 bits per heavy atom. The number of halogens is 1. The zero-order chi connectivity index (χ0) is 16.5. The number of nitrogens with two attached hydrogens (primary N) is 1. The van der Waals surface area contributed by atoms with Gasteiger partial charge in [-0.2, -0.15) is 0 Å². The number of nitrogens with zero attached hydrogens (tertiary/aromatic N) is 1. The van der Waals surface area contributed by atoms with E-state index >= 15 is 0 Å². The van der Waals surface area contributed by atoms with Crippen LogP contribution < -0.4 is 11.1 Å². The number of nitrogens with one attached hydrogen (secondary N) is 1. The summed E-state index contributed by atoms with van der Waals surface area (Å²) in [6.07, 6.45) is 8.30. The van der Waals surface area contributed by atoms with Crippen molar-refractivity contribution in [1.82, 2.24) is 4.98 Å².